The van der Waals surface area contributed by atoms with E-state index in [4.69, 9.17) is 5.73 Å². The van der Waals surface area contributed by atoms with E-state index in [1.165, 1.54) is 32.1 Å². The van der Waals surface area contributed by atoms with E-state index < -0.39 is 0 Å². The van der Waals surface area contributed by atoms with Crippen LogP contribution in [0.2, 0.25) is 0 Å². The van der Waals surface area contributed by atoms with Crippen molar-refractivity contribution in [2.45, 2.75) is 52.0 Å². The number of rotatable bonds is 3. The number of guanidine groups is 1. The SMILES string of the molecule is CC1(C)CC1CN=C(N)NC1CCCC1. The molecule has 15 heavy (non-hydrogen) atoms. The van der Waals surface area contributed by atoms with Crippen LogP contribution in [-0.2, 0) is 0 Å². The highest BCUT2D eigenvalue weighted by atomic mass is 15.1. The largest absolute Gasteiger partial charge is 0.370 e. The molecule has 0 aliphatic heterocycles. The van der Waals surface area contributed by atoms with Crippen LogP contribution >= 0.6 is 0 Å². The van der Waals surface area contributed by atoms with Crippen molar-refractivity contribution in [2.75, 3.05) is 6.54 Å². The van der Waals surface area contributed by atoms with Gasteiger partial charge < -0.3 is 11.1 Å². The predicted octanol–water partition coefficient (Wildman–Crippen LogP) is 1.88. The number of nitrogens with two attached hydrogens (primary N) is 1. The Hall–Kier alpha value is -0.730. The third kappa shape index (κ3) is 2.86. The first-order valence-corrected chi connectivity index (χ1v) is 6.14. The van der Waals surface area contributed by atoms with E-state index in [1.54, 1.807) is 0 Å². The summed E-state index contributed by atoms with van der Waals surface area (Å²) in [5.41, 5.74) is 6.37. The molecule has 1 unspecified atom stereocenters. The number of nitrogens with one attached hydrogen (secondary N) is 1. The number of hydrogen-bond donors (Lipinski definition) is 2. The average Bonchev–Trinajstić information content (AvgIpc) is 2.62. The molecule has 0 amide bonds. The standard InChI is InChI=1S/C12H23N3/c1-12(2)7-9(12)8-14-11(13)15-10-5-3-4-6-10/h9-10H,3-8H2,1-2H3,(H3,13,14,15). The van der Waals surface area contributed by atoms with Crippen molar-refractivity contribution in [3.8, 4) is 0 Å². The fourth-order valence-electron chi connectivity index (χ4n) is 2.42. The zero-order valence-corrected chi connectivity index (χ0v) is 9.92. The Balaban J connectivity index is 1.70. The maximum absolute atomic E-state index is 5.86. The molecule has 0 bridgehead atoms. The van der Waals surface area contributed by atoms with Gasteiger partial charge in [-0.1, -0.05) is 26.7 Å². The lowest BCUT2D eigenvalue weighted by Crippen LogP contribution is -2.38. The average molecular weight is 209 g/mol. The van der Waals surface area contributed by atoms with Crippen molar-refractivity contribution in [2.24, 2.45) is 22.1 Å². The second kappa shape index (κ2) is 4.03. The van der Waals surface area contributed by atoms with E-state index in [0.29, 0.717) is 17.4 Å². The van der Waals surface area contributed by atoms with Crippen LogP contribution in [0, 0.1) is 11.3 Å². The van der Waals surface area contributed by atoms with Crippen molar-refractivity contribution in [3.05, 3.63) is 0 Å². The third-order valence-corrected chi connectivity index (χ3v) is 3.91. The molecule has 3 N–H and O–H groups in total. The Morgan fingerprint density at radius 2 is 2.00 bits per heavy atom. The van der Waals surface area contributed by atoms with Gasteiger partial charge in [-0.25, -0.2) is 0 Å². The zero-order valence-electron chi connectivity index (χ0n) is 9.92. The van der Waals surface area contributed by atoms with Crippen LogP contribution < -0.4 is 11.1 Å². The van der Waals surface area contributed by atoms with Crippen LogP contribution in [-0.4, -0.2) is 18.5 Å². The quantitative estimate of drug-likeness (QED) is 0.551. The smallest absolute Gasteiger partial charge is 0.188 e. The van der Waals surface area contributed by atoms with Crippen LogP contribution in [0.1, 0.15) is 46.0 Å². The molecular formula is C12H23N3. The number of hydrogen-bond acceptors (Lipinski definition) is 1. The summed E-state index contributed by atoms with van der Waals surface area (Å²) in [6.45, 7) is 5.50. The minimum Gasteiger partial charge on any atom is -0.370 e. The lowest BCUT2D eigenvalue weighted by molar-refractivity contribution is 0.563. The van der Waals surface area contributed by atoms with Gasteiger partial charge in [-0.05, 0) is 30.6 Å². The summed E-state index contributed by atoms with van der Waals surface area (Å²) in [7, 11) is 0. The molecule has 0 radical (unpaired) electrons. The summed E-state index contributed by atoms with van der Waals surface area (Å²) in [5, 5.41) is 3.32. The van der Waals surface area contributed by atoms with Gasteiger partial charge in [-0.2, -0.15) is 0 Å². The molecule has 86 valence electrons. The van der Waals surface area contributed by atoms with Gasteiger partial charge in [0.15, 0.2) is 5.96 Å². The summed E-state index contributed by atoms with van der Waals surface area (Å²) in [4.78, 5) is 4.43. The van der Waals surface area contributed by atoms with Gasteiger partial charge in [0.1, 0.15) is 0 Å². The van der Waals surface area contributed by atoms with E-state index in [0.717, 1.165) is 12.5 Å². The minimum atomic E-state index is 0.511. The molecule has 0 saturated heterocycles. The van der Waals surface area contributed by atoms with E-state index in [-0.39, 0.29) is 0 Å². The topological polar surface area (TPSA) is 50.4 Å². The molecule has 2 aliphatic rings. The first-order valence-electron chi connectivity index (χ1n) is 6.14. The van der Waals surface area contributed by atoms with Gasteiger partial charge >= 0.3 is 0 Å². The highest BCUT2D eigenvalue weighted by molar-refractivity contribution is 5.78. The zero-order chi connectivity index (χ0) is 10.9. The third-order valence-electron chi connectivity index (χ3n) is 3.91. The second-order valence-electron chi connectivity index (χ2n) is 5.74. The maximum atomic E-state index is 5.86. The molecule has 0 aromatic rings. The Kier molecular flexibility index (Phi) is 2.89. The molecule has 2 aliphatic carbocycles. The Labute approximate surface area is 92.5 Å². The fourth-order valence-corrected chi connectivity index (χ4v) is 2.42. The Bertz CT molecular complexity index is 252. The molecule has 2 rings (SSSR count). The van der Waals surface area contributed by atoms with Crippen LogP contribution in [0.25, 0.3) is 0 Å². The van der Waals surface area contributed by atoms with E-state index in [9.17, 15) is 0 Å². The first kappa shape index (κ1) is 10.8. The molecular weight excluding hydrogens is 186 g/mol. The van der Waals surface area contributed by atoms with E-state index in [1.807, 2.05) is 0 Å². The van der Waals surface area contributed by atoms with Crippen molar-refractivity contribution < 1.29 is 0 Å². The molecule has 2 saturated carbocycles. The van der Waals surface area contributed by atoms with E-state index in [2.05, 4.69) is 24.2 Å². The second-order valence-corrected chi connectivity index (χ2v) is 5.74. The van der Waals surface area contributed by atoms with Crippen LogP contribution in [0.5, 0.6) is 0 Å². The lowest BCUT2D eigenvalue weighted by Gasteiger charge is -2.12. The summed E-state index contributed by atoms with van der Waals surface area (Å²) >= 11 is 0. The minimum absolute atomic E-state index is 0.511. The molecule has 1 atom stereocenters. The highest BCUT2D eigenvalue weighted by Gasteiger charge is 2.45. The molecule has 3 nitrogen and oxygen atoms in total. The van der Waals surface area contributed by atoms with Crippen LogP contribution in [0.3, 0.4) is 0 Å². The predicted molar refractivity (Wildman–Crippen MR) is 63.8 cm³/mol. The fraction of sp³-hybridized carbons (Fsp3) is 0.917. The van der Waals surface area contributed by atoms with Crippen molar-refractivity contribution in [1.82, 2.24) is 5.32 Å². The first-order chi connectivity index (χ1) is 7.08. The molecule has 2 fully saturated rings. The highest BCUT2D eigenvalue weighted by Crippen LogP contribution is 2.51. The lowest BCUT2D eigenvalue weighted by atomic mass is 10.1. The molecule has 0 spiro atoms. The Morgan fingerprint density at radius 3 is 2.53 bits per heavy atom. The van der Waals surface area contributed by atoms with Crippen molar-refractivity contribution in [3.63, 3.8) is 0 Å². The van der Waals surface area contributed by atoms with Gasteiger partial charge in [0.2, 0.25) is 0 Å². The van der Waals surface area contributed by atoms with Gasteiger partial charge in [0, 0.05) is 12.6 Å². The number of aliphatic imine (C=N–C) groups is 1. The summed E-state index contributed by atoms with van der Waals surface area (Å²) in [6.07, 6.45) is 6.48. The van der Waals surface area contributed by atoms with Gasteiger partial charge in [0.25, 0.3) is 0 Å². The number of nitrogens with zero attached hydrogens (tertiary/aromatic N) is 1. The van der Waals surface area contributed by atoms with Crippen LogP contribution in [0.4, 0.5) is 0 Å². The van der Waals surface area contributed by atoms with Gasteiger partial charge in [-0.15, -0.1) is 0 Å². The van der Waals surface area contributed by atoms with Crippen molar-refractivity contribution >= 4 is 5.96 Å². The normalized spacial score (nSPS) is 30.5. The molecule has 0 aromatic heterocycles. The Morgan fingerprint density at radius 1 is 1.40 bits per heavy atom. The van der Waals surface area contributed by atoms with Gasteiger partial charge in [-0.3, -0.25) is 4.99 Å². The maximum Gasteiger partial charge on any atom is 0.188 e. The monoisotopic (exact) mass is 209 g/mol. The summed E-state index contributed by atoms with van der Waals surface area (Å²) in [5.74, 6) is 1.41. The molecule has 0 heterocycles. The van der Waals surface area contributed by atoms with Crippen molar-refractivity contribution in [1.29, 1.82) is 0 Å². The van der Waals surface area contributed by atoms with E-state index >= 15 is 0 Å². The van der Waals surface area contributed by atoms with Gasteiger partial charge in [0.05, 0.1) is 0 Å². The molecule has 0 aromatic carbocycles. The van der Waals surface area contributed by atoms with Crippen LogP contribution in [0.15, 0.2) is 4.99 Å². The molecule has 3 heteroatoms. The summed E-state index contributed by atoms with van der Waals surface area (Å²) < 4.78 is 0. The summed E-state index contributed by atoms with van der Waals surface area (Å²) in [6, 6.07) is 0.584.